The molecule has 1 aliphatic rings. The van der Waals surface area contributed by atoms with Crippen LogP contribution in [-0.4, -0.2) is 19.1 Å². The molecule has 2 unspecified atom stereocenters. The molecule has 0 aromatic rings. The fourth-order valence-corrected chi connectivity index (χ4v) is 1.78. The fraction of sp³-hybridized carbons (Fsp3) is 0.889. The monoisotopic (exact) mass is 207 g/mol. The predicted octanol–water partition coefficient (Wildman–Crippen LogP) is 1.49. The van der Waals surface area contributed by atoms with Crippen molar-refractivity contribution in [2.45, 2.75) is 38.1 Å². The van der Waals surface area contributed by atoms with Crippen LogP contribution < -0.4 is 5.73 Å². The lowest BCUT2D eigenvalue weighted by molar-refractivity contribution is -0.145. The minimum atomic E-state index is -0.0904. The van der Waals surface area contributed by atoms with E-state index in [9.17, 15) is 4.79 Å². The smallest absolute Gasteiger partial charge is 0.308 e. The molecule has 1 rings (SSSR count). The quantitative estimate of drug-likeness (QED) is 0.524. The van der Waals surface area contributed by atoms with E-state index in [-0.39, 0.29) is 30.3 Å². The highest BCUT2D eigenvalue weighted by Gasteiger charge is 2.23. The van der Waals surface area contributed by atoms with Crippen LogP contribution in [0.1, 0.15) is 32.1 Å². The molecule has 0 spiro atoms. The predicted molar refractivity (Wildman–Crippen MR) is 53.8 cm³/mol. The highest BCUT2D eigenvalue weighted by molar-refractivity contribution is 5.85. The molecule has 0 radical (unpaired) electrons. The number of carbonyl (C=O) groups is 1. The number of esters is 1. The first-order chi connectivity index (χ1) is 5.74. The Morgan fingerprint density at radius 1 is 1.38 bits per heavy atom. The van der Waals surface area contributed by atoms with E-state index < -0.39 is 0 Å². The van der Waals surface area contributed by atoms with Crippen LogP contribution in [0.25, 0.3) is 0 Å². The molecular weight excluding hydrogens is 190 g/mol. The molecule has 4 heteroatoms. The average molecular weight is 208 g/mol. The third-order valence-corrected chi connectivity index (χ3v) is 2.50. The number of ether oxygens (including phenoxy) is 1. The summed E-state index contributed by atoms with van der Waals surface area (Å²) < 4.78 is 4.70. The lowest BCUT2D eigenvalue weighted by atomic mass is 9.99. The summed E-state index contributed by atoms with van der Waals surface area (Å²) in [6.45, 7) is 0. The Morgan fingerprint density at radius 2 is 2.00 bits per heavy atom. The van der Waals surface area contributed by atoms with Crippen LogP contribution in [0.3, 0.4) is 0 Å². The third kappa shape index (κ3) is 3.96. The number of hydrogen-bond donors (Lipinski definition) is 1. The first-order valence-corrected chi connectivity index (χ1v) is 4.57. The molecule has 2 N–H and O–H groups in total. The summed E-state index contributed by atoms with van der Waals surface area (Å²) in [5.41, 5.74) is 5.81. The molecule has 0 amide bonds. The van der Waals surface area contributed by atoms with Gasteiger partial charge in [0.25, 0.3) is 0 Å². The van der Waals surface area contributed by atoms with E-state index in [2.05, 4.69) is 0 Å². The van der Waals surface area contributed by atoms with E-state index in [4.69, 9.17) is 10.5 Å². The summed E-state index contributed by atoms with van der Waals surface area (Å²) in [5.74, 6) is -0.0418. The average Bonchev–Trinajstić information content (AvgIpc) is 2.28. The van der Waals surface area contributed by atoms with E-state index >= 15 is 0 Å². The maximum Gasteiger partial charge on any atom is 0.308 e. The first-order valence-electron chi connectivity index (χ1n) is 4.57. The zero-order valence-electron chi connectivity index (χ0n) is 7.99. The van der Waals surface area contributed by atoms with Gasteiger partial charge in [0.2, 0.25) is 0 Å². The van der Waals surface area contributed by atoms with Gasteiger partial charge < -0.3 is 10.5 Å². The highest BCUT2D eigenvalue weighted by Crippen LogP contribution is 2.22. The van der Waals surface area contributed by atoms with Gasteiger partial charge in [0.15, 0.2) is 0 Å². The van der Waals surface area contributed by atoms with Gasteiger partial charge in [-0.3, -0.25) is 4.79 Å². The van der Waals surface area contributed by atoms with Crippen molar-refractivity contribution >= 4 is 18.4 Å². The second-order valence-corrected chi connectivity index (χ2v) is 3.50. The van der Waals surface area contributed by atoms with Crippen molar-refractivity contribution < 1.29 is 9.53 Å². The van der Waals surface area contributed by atoms with E-state index in [0.717, 1.165) is 32.1 Å². The van der Waals surface area contributed by atoms with Crippen LogP contribution in [0.4, 0.5) is 0 Å². The van der Waals surface area contributed by atoms with Gasteiger partial charge in [-0.2, -0.15) is 0 Å². The Labute approximate surface area is 85.4 Å². The number of rotatable bonds is 1. The zero-order valence-corrected chi connectivity index (χ0v) is 8.81. The molecule has 0 saturated heterocycles. The van der Waals surface area contributed by atoms with Gasteiger partial charge in [-0.15, -0.1) is 12.4 Å². The Kier molecular flexibility index (Phi) is 6.08. The van der Waals surface area contributed by atoms with Crippen LogP contribution in [0, 0.1) is 5.92 Å². The number of nitrogens with two attached hydrogens (primary N) is 1. The first kappa shape index (κ1) is 12.7. The van der Waals surface area contributed by atoms with Crippen molar-refractivity contribution in [1.29, 1.82) is 0 Å². The summed E-state index contributed by atoms with van der Waals surface area (Å²) in [6, 6.07) is 0.191. The normalized spacial score (nSPS) is 28.5. The molecule has 0 aromatic heterocycles. The topological polar surface area (TPSA) is 52.3 Å². The van der Waals surface area contributed by atoms with Crippen molar-refractivity contribution in [2.24, 2.45) is 11.7 Å². The van der Waals surface area contributed by atoms with Gasteiger partial charge in [0.05, 0.1) is 13.0 Å². The van der Waals surface area contributed by atoms with Crippen molar-refractivity contribution in [1.82, 2.24) is 0 Å². The van der Waals surface area contributed by atoms with E-state index in [1.54, 1.807) is 0 Å². The Morgan fingerprint density at radius 3 is 2.62 bits per heavy atom. The minimum absolute atomic E-state index is 0. The van der Waals surface area contributed by atoms with Crippen molar-refractivity contribution in [2.75, 3.05) is 7.11 Å². The second-order valence-electron chi connectivity index (χ2n) is 3.50. The lowest BCUT2D eigenvalue weighted by Crippen LogP contribution is -2.25. The summed E-state index contributed by atoms with van der Waals surface area (Å²) >= 11 is 0. The van der Waals surface area contributed by atoms with Crippen LogP contribution in [-0.2, 0) is 9.53 Å². The molecule has 0 bridgehead atoms. The maximum atomic E-state index is 11.2. The van der Waals surface area contributed by atoms with Crippen LogP contribution >= 0.6 is 12.4 Å². The molecule has 3 nitrogen and oxygen atoms in total. The van der Waals surface area contributed by atoms with E-state index in [1.165, 1.54) is 7.11 Å². The standard InChI is InChI=1S/C9H17NO2.ClH/c1-12-9(11)7-4-2-3-5-8(10)6-7;/h7-8H,2-6,10H2,1H3;1H. The van der Waals surface area contributed by atoms with Gasteiger partial charge in [-0.05, 0) is 19.3 Å². The van der Waals surface area contributed by atoms with E-state index in [1.807, 2.05) is 0 Å². The summed E-state index contributed by atoms with van der Waals surface area (Å²) in [5, 5.41) is 0. The maximum absolute atomic E-state index is 11.2. The molecular formula is C9H18ClNO2. The second kappa shape index (κ2) is 6.22. The van der Waals surface area contributed by atoms with Gasteiger partial charge in [0, 0.05) is 6.04 Å². The lowest BCUT2D eigenvalue weighted by Gasteiger charge is -2.13. The van der Waals surface area contributed by atoms with Gasteiger partial charge >= 0.3 is 5.97 Å². The molecule has 0 aromatic carbocycles. The van der Waals surface area contributed by atoms with Gasteiger partial charge in [-0.25, -0.2) is 0 Å². The van der Waals surface area contributed by atoms with Crippen LogP contribution in [0.15, 0.2) is 0 Å². The third-order valence-electron chi connectivity index (χ3n) is 2.50. The largest absolute Gasteiger partial charge is 0.469 e. The molecule has 0 heterocycles. The number of halogens is 1. The Hall–Kier alpha value is -0.280. The summed E-state index contributed by atoms with van der Waals surface area (Å²) in [6.07, 6.45) is 5.04. The Bertz CT molecular complexity index is 164. The number of methoxy groups -OCH3 is 1. The summed E-state index contributed by atoms with van der Waals surface area (Å²) in [4.78, 5) is 11.2. The van der Waals surface area contributed by atoms with Crippen molar-refractivity contribution in [3.8, 4) is 0 Å². The van der Waals surface area contributed by atoms with E-state index in [0.29, 0.717) is 0 Å². The SMILES string of the molecule is COC(=O)C1CCCCC(N)C1.Cl. The number of hydrogen-bond acceptors (Lipinski definition) is 3. The molecule has 2 atom stereocenters. The van der Waals surface area contributed by atoms with Crippen LogP contribution in [0.2, 0.25) is 0 Å². The van der Waals surface area contributed by atoms with Gasteiger partial charge in [-0.1, -0.05) is 12.8 Å². The Balaban J connectivity index is 0.00000144. The molecule has 13 heavy (non-hydrogen) atoms. The molecule has 1 fully saturated rings. The molecule has 78 valence electrons. The van der Waals surface area contributed by atoms with Crippen molar-refractivity contribution in [3.63, 3.8) is 0 Å². The van der Waals surface area contributed by atoms with Gasteiger partial charge in [0.1, 0.15) is 0 Å². The summed E-state index contributed by atoms with van der Waals surface area (Å²) in [7, 11) is 1.44. The highest BCUT2D eigenvalue weighted by atomic mass is 35.5. The van der Waals surface area contributed by atoms with Crippen LogP contribution in [0.5, 0.6) is 0 Å². The number of carbonyl (C=O) groups excluding carboxylic acids is 1. The minimum Gasteiger partial charge on any atom is -0.469 e. The molecule has 1 aliphatic carbocycles. The zero-order chi connectivity index (χ0) is 8.97. The van der Waals surface area contributed by atoms with Crippen molar-refractivity contribution in [3.05, 3.63) is 0 Å². The molecule has 1 saturated carbocycles. The molecule has 0 aliphatic heterocycles. The fourth-order valence-electron chi connectivity index (χ4n) is 1.78.